The Morgan fingerprint density at radius 3 is 1.80 bits per heavy atom. The Labute approximate surface area is 208 Å². The minimum atomic E-state index is -0.573. The fourth-order valence-electron chi connectivity index (χ4n) is 2.78. The Kier molecular flexibility index (Phi) is 18.3. The molecule has 0 bridgehead atoms. The van der Waals surface area contributed by atoms with Gasteiger partial charge in [0.05, 0.1) is 0 Å². The van der Waals surface area contributed by atoms with Gasteiger partial charge in [-0.15, -0.1) is 0 Å². The number of anilines is 1. The van der Waals surface area contributed by atoms with E-state index in [1.54, 1.807) is 17.0 Å². The molecular weight excluding hydrogens is 449 g/mol. The molecular formula is C25H35N2O2Y-. The molecule has 1 fully saturated rings. The van der Waals surface area contributed by atoms with Crippen LogP contribution in [0.25, 0.3) is 6.08 Å². The SMILES string of the molecule is CC.CC.O=C(Nc1ccccc1)C(=O)N1CCC(=Cc2ccccc2)CC1.[CH3-].[Y]. The van der Waals surface area contributed by atoms with Crippen LogP contribution in [0.3, 0.4) is 0 Å². The molecule has 161 valence electrons. The summed E-state index contributed by atoms with van der Waals surface area (Å²) >= 11 is 0. The van der Waals surface area contributed by atoms with E-state index in [1.165, 1.54) is 11.1 Å². The molecule has 0 atom stereocenters. The molecule has 3 rings (SSSR count). The van der Waals surface area contributed by atoms with Crippen molar-refractivity contribution in [2.75, 3.05) is 18.4 Å². The van der Waals surface area contributed by atoms with Gasteiger partial charge >= 0.3 is 11.8 Å². The van der Waals surface area contributed by atoms with E-state index in [-0.39, 0.29) is 40.1 Å². The van der Waals surface area contributed by atoms with E-state index in [2.05, 4.69) is 23.5 Å². The van der Waals surface area contributed by atoms with Crippen molar-refractivity contribution in [2.45, 2.75) is 40.5 Å². The number of rotatable bonds is 2. The Balaban J connectivity index is 0. The number of carbonyl (C=O) groups is 2. The molecule has 30 heavy (non-hydrogen) atoms. The summed E-state index contributed by atoms with van der Waals surface area (Å²) in [6, 6.07) is 19.2. The maximum Gasteiger partial charge on any atom is 0.313 e. The van der Waals surface area contributed by atoms with Crippen molar-refractivity contribution < 1.29 is 42.3 Å². The number of hydrogen-bond acceptors (Lipinski definition) is 2. The first kappa shape index (κ1) is 30.4. The van der Waals surface area contributed by atoms with Gasteiger partial charge in [-0.25, -0.2) is 0 Å². The number of hydrogen-bond donors (Lipinski definition) is 1. The van der Waals surface area contributed by atoms with Crippen LogP contribution in [0.1, 0.15) is 46.1 Å². The summed E-state index contributed by atoms with van der Waals surface area (Å²) in [5, 5.41) is 2.65. The minimum Gasteiger partial charge on any atom is -0.358 e. The molecule has 2 aromatic carbocycles. The third-order valence-electron chi connectivity index (χ3n) is 4.09. The minimum absolute atomic E-state index is 0. The van der Waals surface area contributed by atoms with E-state index in [9.17, 15) is 9.59 Å². The van der Waals surface area contributed by atoms with Crippen LogP contribution in [0.2, 0.25) is 0 Å². The third-order valence-corrected chi connectivity index (χ3v) is 4.09. The largest absolute Gasteiger partial charge is 0.358 e. The van der Waals surface area contributed by atoms with E-state index in [4.69, 9.17) is 0 Å². The second kappa shape index (κ2) is 18.0. The molecule has 1 radical (unpaired) electrons. The van der Waals surface area contributed by atoms with Crippen molar-refractivity contribution in [2.24, 2.45) is 0 Å². The van der Waals surface area contributed by atoms with E-state index in [1.807, 2.05) is 64.1 Å². The molecule has 0 unspecified atom stereocenters. The van der Waals surface area contributed by atoms with Crippen LogP contribution in [0.4, 0.5) is 5.69 Å². The Morgan fingerprint density at radius 2 is 1.30 bits per heavy atom. The zero-order valence-electron chi connectivity index (χ0n) is 19.0. The number of benzene rings is 2. The van der Waals surface area contributed by atoms with Crippen LogP contribution in [-0.2, 0) is 42.3 Å². The molecule has 2 amide bonds. The zero-order valence-corrected chi connectivity index (χ0v) is 21.9. The summed E-state index contributed by atoms with van der Waals surface area (Å²) in [6.07, 6.45) is 3.78. The van der Waals surface area contributed by atoms with Gasteiger partial charge in [0.2, 0.25) is 0 Å². The fraction of sp³-hybridized carbons (Fsp3) is 0.320. The predicted molar refractivity (Wildman–Crippen MR) is 124 cm³/mol. The van der Waals surface area contributed by atoms with Gasteiger partial charge in [0.15, 0.2) is 0 Å². The quantitative estimate of drug-likeness (QED) is 0.431. The Hall–Kier alpha value is -1.78. The summed E-state index contributed by atoms with van der Waals surface area (Å²) in [7, 11) is 0. The van der Waals surface area contributed by atoms with Crippen molar-refractivity contribution >= 4 is 23.6 Å². The van der Waals surface area contributed by atoms with Crippen LogP contribution >= 0.6 is 0 Å². The Morgan fingerprint density at radius 1 is 0.833 bits per heavy atom. The molecule has 2 aromatic rings. The van der Waals surface area contributed by atoms with Crippen molar-refractivity contribution in [1.29, 1.82) is 0 Å². The molecule has 1 heterocycles. The normalized spacial score (nSPS) is 11.7. The first-order valence-electron chi connectivity index (χ1n) is 10.1. The van der Waals surface area contributed by atoms with E-state index >= 15 is 0 Å². The van der Waals surface area contributed by atoms with Crippen LogP contribution in [0, 0.1) is 7.43 Å². The third kappa shape index (κ3) is 10.3. The number of para-hydroxylation sites is 1. The second-order valence-corrected chi connectivity index (χ2v) is 5.83. The van der Waals surface area contributed by atoms with Crippen LogP contribution < -0.4 is 5.32 Å². The van der Waals surface area contributed by atoms with Crippen LogP contribution in [0.5, 0.6) is 0 Å². The maximum absolute atomic E-state index is 12.3. The predicted octanol–water partition coefficient (Wildman–Crippen LogP) is 5.83. The summed E-state index contributed by atoms with van der Waals surface area (Å²) < 4.78 is 0. The van der Waals surface area contributed by atoms with Gasteiger partial charge in [-0.2, -0.15) is 0 Å². The number of nitrogens with zero attached hydrogens (tertiary/aromatic N) is 1. The molecule has 5 heteroatoms. The average Bonchev–Trinajstić information content (AvgIpc) is 2.78. The average molecular weight is 484 g/mol. The van der Waals surface area contributed by atoms with Gasteiger partial charge in [-0.1, -0.05) is 87.9 Å². The molecule has 0 aliphatic carbocycles. The van der Waals surface area contributed by atoms with Crippen molar-refractivity contribution in [3.63, 3.8) is 0 Å². The molecule has 1 aliphatic heterocycles. The molecule has 1 aliphatic rings. The van der Waals surface area contributed by atoms with Gasteiger partial charge < -0.3 is 17.6 Å². The zero-order chi connectivity index (χ0) is 20.8. The summed E-state index contributed by atoms with van der Waals surface area (Å²) in [6.45, 7) is 9.17. The Bertz CT molecular complexity index is 736. The molecule has 1 saturated heterocycles. The smallest absolute Gasteiger partial charge is 0.313 e. The summed E-state index contributed by atoms with van der Waals surface area (Å²) in [4.78, 5) is 26.0. The van der Waals surface area contributed by atoms with Gasteiger partial charge in [0, 0.05) is 51.5 Å². The maximum atomic E-state index is 12.3. The van der Waals surface area contributed by atoms with E-state index < -0.39 is 11.8 Å². The topological polar surface area (TPSA) is 49.4 Å². The van der Waals surface area contributed by atoms with Gasteiger partial charge in [-0.05, 0) is 30.5 Å². The number of piperidine rings is 1. The van der Waals surface area contributed by atoms with Crippen LogP contribution in [0.15, 0.2) is 66.2 Å². The number of nitrogens with one attached hydrogen (secondary N) is 1. The number of amides is 2. The first-order valence-corrected chi connectivity index (χ1v) is 10.1. The van der Waals surface area contributed by atoms with Crippen molar-refractivity contribution in [3.05, 3.63) is 79.2 Å². The van der Waals surface area contributed by atoms with Gasteiger partial charge in [0.25, 0.3) is 0 Å². The molecule has 0 aromatic heterocycles. The fourth-order valence-corrected chi connectivity index (χ4v) is 2.78. The summed E-state index contributed by atoms with van der Waals surface area (Å²) in [5.74, 6) is -1.03. The second-order valence-electron chi connectivity index (χ2n) is 5.83. The first-order chi connectivity index (χ1) is 13.7. The number of likely N-dealkylation sites (tertiary alicyclic amines) is 1. The molecule has 4 nitrogen and oxygen atoms in total. The molecule has 1 N–H and O–H groups in total. The standard InChI is InChI=1S/C20H20N2O2.2C2H6.CH3.Y/c23-19(21-18-9-5-2-6-10-18)20(24)22-13-11-17(12-14-22)15-16-7-3-1-4-8-16;2*1-2;;/h1-10,15H,11-14H2,(H,21,23);2*1-2H3;1H3;/q;;;-1;. The van der Waals surface area contributed by atoms with Crippen molar-refractivity contribution in [1.82, 2.24) is 4.90 Å². The molecule has 0 saturated carbocycles. The summed E-state index contributed by atoms with van der Waals surface area (Å²) in [5.41, 5.74) is 3.13. The van der Waals surface area contributed by atoms with E-state index in [0.29, 0.717) is 18.8 Å². The van der Waals surface area contributed by atoms with Crippen molar-refractivity contribution in [3.8, 4) is 0 Å². The van der Waals surface area contributed by atoms with Crippen LogP contribution in [-0.4, -0.2) is 29.8 Å². The van der Waals surface area contributed by atoms with Gasteiger partial charge in [-0.3, -0.25) is 9.59 Å². The number of carbonyl (C=O) groups excluding carboxylic acids is 2. The van der Waals surface area contributed by atoms with E-state index in [0.717, 1.165) is 12.8 Å². The molecule has 0 spiro atoms. The monoisotopic (exact) mass is 484 g/mol. The van der Waals surface area contributed by atoms with Gasteiger partial charge in [0.1, 0.15) is 0 Å².